The molecule has 6 nitrogen and oxygen atoms in total. The molecule has 0 saturated heterocycles. The quantitative estimate of drug-likeness (QED) is 0.576. The van der Waals surface area contributed by atoms with Crippen LogP contribution in [0.25, 0.3) is 0 Å². The second-order valence-electron chi connectivity index (χ2n) is 6.66. The molecule has 1 amide bonds. The van der Waals surface area contributed by atoms with Crippen molar-refractivity contribution in [1.82, 2.24) is 9.88 Å². The number of amides is 1. The van der Waals surface area contributed by atoms with Crippen LogP contribution in [0.5, 0.6) is 0 Å². The highest BCUT2D eigenvalue weighted by Gasteiger charge is 2.30. The van der Waals surface area contributed by atoms with Gasteiger partial charge in [-0.15, -0.1) is 0 Å². The molecule has 0 aliphatic rings. The molecule has 1 heterocycles. The lowest BCUT2D eigenvalue weighted by atomic mass is 9.99. The van der Waals surface area contributed by atoms with Gasteiger partial charge < -0.3 is 14.6 Å². The number of esters is 1. The number of ether oxygens (including phenoxy) is 1. The molecule has 6 heteroatoms. The smallest absolute Gasteiger partial charge is 0.355 e. The number of nitrogens with zero attached hydrogens (tertiary/aromatic N) is 1. The molecule has 0 bridgehead atoms. The Kier molecular flexibility index (Phi) is 7.39. The van der Waals surface area contributed by atoms with Gasteiger partial charge in [0.1, 0.15) is 5.69 Å². The molecular weight excluding hydrogens is 320 g/mol. The summed E-state index contributed by atoms with van der Waals surface area (Å²) in [7, 11) is 0. The third kappa shape index (κ3) is 4.71. The monoisotopic (exact) mass is 350 g/mol. The lowest BCUT2D eigenvalue weighted by Crippen LogP contribution is -2.43. The van der Waals surface area contributed by atoms with Crippen molar-refractivity contribution in [3.63, 3.8) is 0 Å². The van der Waals surface area contributed by atoms with Crippen LogP contribution >= 0.6 is 0 Å². The average molecular weight is 350 g/mol. The first-order valence-corrected chi connectivity index (χ1v) is 8.85. The van der Waals surface area contributed by atoms with Crippen LogP contribution in [0.15, 0.2) is 0 Å². The van der Waals surface area contributed by atoms with Crippen LogP contribution in [0.4, 0.5) is 0 Å². The summed E-state index contributed by atoms with van der Waals surface area (Å²) in [5.41, 5.74) is 1.95. The van der Waals surface area contributed by atoms with Crippen LogP contribution in [-0.4, -0.2) is 46.7 Å². The Balaban J connectivity index is 3.13. The van der Waals surface area contributed by atoms with E-state index in [0.717, 1.165) is 0 Å². The van der Waals surface area contributed by atoms with Crippen molar-refractivity contribution < 1.29 is 19.1 Å². The zero-order valence-electron chi connectivity index (χ0n) is 16.4. The number of nitrogens with one attached hydrogen (secondary N) is 1. The first-order chi connectivity index (χ1) is 11.6. The minimum atomic E-state index is -0.584. The van der Waals surface area contributed by atoms with Gasteiger partial charge in [-0.25, -0.2) is 4.79 Å². The summed E-state index contributed by atoms with van der Waals surface area (Å²) in [6.07, 6.45) is 0.407. The van der Waals surface area contributed by atoms with Crippen molar-refractivity contribution in [1.29, 1.82) is 0 Å². The molecule has 0 unspecified atom stereocenters. The Morgan fingerprint density at radius 1 is 1.12 bits per heavy atom. The molecule has 1 rings (SSSR count). The van der Waals surface area contributed by atoms with E-state index in [4.69, 9.17) is 4.74 Å². The molecule has 0 spiro atoms. The number of hydrogen-bond acceptors (Lipinski definition) is 4. The number of likely N-dealkylation sites (N-methyl/N-ethyl adjacent to an activating group) is 1. The van der Waals surface area contributed by atoms with Gasteiger partial charge in [0.05, 0.1) is 12.6 Å². The Morgan fingerprint density at radius 3 is 2.20 bits per heavy atom. The summed E-state index contributed by atoms with van der Waals surface area (Å²) in [6.45, 7) is 13.5. The average Bonchev–Trinajstić information content (AvgIpc) is 2.81. The molecule has 0 aromatic carbocycles. The highest BCUT2D eigenvalue weighted by atomic mass is 16.5. The Morgan fingerprint density at radius 2 is 1.72 bits per heavy atom. The number of H-pyrrole nitrogens is 1. The SMILES string of the molecule is CCOC(=O)c1[nH]c(C)c(C(=O)[C@@H](C)N(CC)C(=O)CC(C)C)c1C. The van der Waals surface area contributed by atoms with E-state index in [-0.39, 0.29) is 24.2 Å². The van der Waals surface area contributed by atoms with E-state index < -0.39 is 12.0 Å². The lowest BCUT2D eigenvalue weighted by molar-refractivity contribution is -0.133. The van der Waals surface area contributed by atoms with Gasteiger partial charge in [0.25, 0.3) is 0 Å². The molecule has 140 valence electrons. The number of carbonyl (C=O) groups excluding carboxylic acids is 3. The standard InChI is InChI=1S/C19H30N2O4/c1-8-21(15(22)10-11(3)4)14(7)18(23)16-12(5)17(20-13(16)6)19(24)25-9-2/h11,14,20H,8-10H2,1-7H3/t14-/m1/s1. The zero-order valence-corrected chi connectivity index (χ0v) is 16.4. The third-order valence-corrected chi connectivity index (χ3v) is 4.25. The van der Waals surface area contributed by atoms with E-state index in [1.807, 2.05) is 20.8 Å². The van der Waals surface area contributed by atoms with Gasteiger partial charge in [-0.2, -0.15) is 0 Å². The minimum absolute atomic E-state index is 0.0326. The van der Waals surface area contributed by atoms with Crippen molar-refractivity contribution in [2.75, 3.05) is 13.2 Å². The number of aromatic amines is 1. The van der Waals surface area contributed by atoms with E-state index in [0.29, 0.717) is 35.5 Å². The maximum atomic E-state index is 13.0. The normalized spacial score (nSPS) is 12.2. The van der Waals surface area contributed by atoms with Crippen LogP contribution < -0.4 is 0 Å². The van der Waals surface area contributed by atoms with Crippen molar-refractivity contribution in [3.05, 3.63) is 22.5 Å². The van der Waals surface area contributed by atoms with Crippen molar-refractivity contribution in [3.8, 4) is 0 Å². The van der Waals surface area contributed by atoms with Crippen LogP contribution in [0, 0.1) is 19.8 Å². The molecular formula is C19H30N2O4. The molecule has 25 heavy (non-hydrogen) atoms. The van der Waals surface area contributed by atoms with Crippen molar-refractivity contribution in [2.45, 2.75) is 60.9 Å². The minimum Gasteiger partial charge on any atom is -0.461 e. The molecule has 1 aromatic rings. The number of aromatic nitrogens is 1. The van der Waals surface area contributed by atoms with Gasteiger partial charge >= 0.3 is 5.97 Å². The van der Waals surface area contributed by atoms with Crippen molar-refractivity contribution in [2.24, 2.45) is 5.92 Å². The van der Waals surface area contributed by atoms with Gasteiger partial charge in [0, 0.05) is 24.2 Å². The second-order valence-corrected chi connectivity index (χ2v) is 6.66. The highest BCUT2D eigenvalue weighted by molar-refractivity contribution is 6.06. The molecule has 0 saturated carbocycles. The Labute approximate surface area is 149 Å². The van der Waals surface area contributed by atoms with Crippen LogP contribution in [0.2, 0.25) is 0 Å². The molecule has 0 aliphatic heterocycles. The molecule has 0 aliphatic carbocycles. The fraction of sp³-hybridized carbons (Fsp3) is 0.632. The zero-order chi connectivity index (χ0) is 19.3. The summed E-state index contributed by atoms with van der Waals surface area (Å²) in [4.78, 5) is 42.0. The van der Waals surface area contributed by atoms with Gasteiger partial charge in [-0.05, 0) is 46.1 Å². The number of Topliss-reactive ketones (excluding diaryl/α,β-unsaturated/α-hetero) is 1. The first-order valence-electron chi connectivity index (χ1n) is 8.85. The van der Waals surface area contributed by atoms with E-state index in [9.17, 15) is 14.4 Å². The van der Waals surface area contributed by atoms with E-state index in [1.54, 1.807) is 32.6 Å². The first kappa shape index (κ1) is 20.9. The molecule has 0 fully saturated rings. The summed E-state index contributed by atoms with van der Waals surface area (Å²) in [6, 6.07) is -0.584. The largest absolute Gasteiger partial charge is 0.461 e. The fourth-order valence-electron chi connectivity index (χ4n) is 3.01. The maximum Gasteiger partial charge on any atom is 0.355 e. The van der Waals surface area contributed by atoms with E-state index >= 15 is 0 Å². The molecule has 0 radical (unpaired) electrons. The number of ketones is 1. The predicted molar refractivity (Wildman–Crippen MR) is 96.9 cm³/mol. The summed E-state index contributed by atoms with van der Waals surface area (Å²) < 4.78 is 5.02. The molecule has 1 aromatic heterocycles. The molecule has 1 atom stereocenters. The Hall–Kier alpha value is -2.11. The van der Waals surface area contributed by atoms with Gasteiger partial charge in [0.2, 0.25) is 5.91 Å². The second kappa shape index (κ2) is 8.83. The third-order valence-electron chi connectivity index (χ3n) is 4.25. The summed E-state index contributed by atoms with van der Waals surface area (Å²) in [5.74, 6) is -0.441. The topological polar surface area (TPSA) is 79.5 Å². The fourth-order valence-corrected chi connectivity index (χ4v) is 3.01. The van der Waals surface area contributed by atoms with E-state index in [1.165, 1.54) is 0 Å². The number of carbonyl (C=O) groups is 3. The van der Waals surface area contributed by atoms with E-state index in [2.05, 4.69) is 4.98 Å². The maximum absolute atomic E-state index is 13.0. The Bertz CT molecular complexity index is 646. The van der Waals surface area contributed by atoms with Gasteiger partial charge in [-0.3, -0.25) is 9.59 Å². The van der Waals surface area contributed by atoms with Crippen LogP contribution in [0.3, 0.4) is 0 Å². The number of aryl methyl sites for hydroxylation is 1. The van der Waals surface area contributed by atoms with Gasteiger partial charge in [-0.1, -0.05) is 13.8 Å². The highest BCUT2D eigenvalue weighted by Crippen LogP contribution is 2.22. The number of rotatable bonds is 8. The summed E-state index contributed by atoms with van der Waals surface area (Å²) >= 11 is 0. The lowest BCUT2D eigenvalue weighted by Gasteiger charge is -2.28. The number of hydrogen-bond donors (Lipinski definition) is 1. The summed E-state index contributed by atoms with van der Waals surface area (Å²) in [5, 5.41) is 0. The van der Waals surface area contributed by atoms with Crippen LogP contribution in [0.1, 0.15) is 73.1 Å². The predicted octanol–water partition coefficient (Wildman–Crippen LogP) is 3.27. The van der Waals surface area contributed by atoms with Crippen molar-refractivity contribution >= 4 is 17.7 Å². The van der Waals surface area contributed by atoms with Crippen LogP contribution in [-0.2, 0) is 9.53 Å². The molecule has 1 N–H and O–H groups in total. The van der Waals surface area contributed by atoms with Gasteiger partial charge in [0.15, 0.2) is 5.78 Å².